The number of fused-ring (bicyclic) bond motifs is 5. The van der Waals surface area contributed by atoms with Crippen LogP contribution >= 0.6 is 0 Å². The van der Waals surface area contributed by atoms with E-state index in [0.717, 1.165) is 17.7 Å². The van der Waals surface area contributed by atoms with Gasteiger partial charge in [-0.05, 0) is 45.7 Å². The van der Waals surface area contributed by atoms with Gasteiger partial charge in [-0.1, -0.05) is 30.3 Å². The Bertz CT molecular complexity index is 862. The molecule has 0 saturated heterocycles. The molecule has 0 unspecified atom stereocenters. The Hall–Kier alpha value is -2.35. The van der Waals surface area contributed by atoms with Crippen LogP contribution in [-0.4, -0.2) is 12.9 Å². The molecule has 2 nitrogen and oxygen atoms in total. The van der Waals surface area contributed by atoms with E-state index in [2.05, 4.69) is 24.3 Å². The Labute approximate surface area is 117 Å². The summed E-state index contributed by atoms with van der Waals surface area (Å²) in [6, 6.07) is 14.4. The number of ketones is 1. The normalized spacial score (nSPS) is 13.9. The van der Waals surface area contributed by atoms with Crippen molar-refractivity contribution in [2.45, 2.75) is 12.8 Å². The number of methoxy groups -OCH3 is 1. The molecule has 4 rings (SSSR count). The first-order valence-corrected chi connectivity index (χ1v) is 6.83. The van der Waals surface area contributed by atoms with Crippen molar-refractivity contribution in [2.24, 2.45) is 0 Å². The van der Waals surface area contributed by atoms with Crippen LogP contribution in [0.3, 0.4) is 0 Å². The molecular formula is C18H14O2. The van der Waals surface area contributed by atoms with E-state index < -0.39 is 0 Å². The second-order valence-corrected chi connectivity index (χ2v) is 5.26. The Morgan fingerprint density at radius 1 is 0.900 bits per heavy atom. The summed E-state index contributed by atoms with van der Waals surface area (Å²) in [5.41, 5.74) is 2.12. The van der Waals surface area contributed by atoms with E-state index in [0.29, 0.717) is 6.42 Å². The highest BCUT2D eigenvalue weighted by molar-refractivity contribution is 6.13. The van der Waals surface area contributed by atoms with Crippen molar-refractivity contribution < 1.29 is 9.53 Å². The standard InChI is InChI=1S/C18H14O2/c1-20-12-3-5-13-11(10-12)2-4-15-14(13)6-7-17-16(15)8-9-18(17)19/h2-7,10H,8-9H2,1H3. The van der Waals surface area contributed by atoms with Gasteiger partial charge in [-0.3, -0.25) is 4.79 Å². The molecule has 0 saturated carbocycles. The topological polar surface area (TPSA) is 26.3 Å². The first-order chi connectivity index (χ1) is 9.78. The molecule has 0 N–H and O–H groups in total. The SMILES string of the molecule is COc1ccc2c(ccc3c4c(ccc32)C(=O)CC4)c1. The molecule has 2 heteroatoms. The second kappa shape index (κ2) is 4.07. The van der Waals surface area contributed by atoms with Crippen molar-refractivity contribution in [3.63, 3.8) is 0 Å². The summed E-state index contributed by atoms with van der Waals surface area (Å²) in [6.45, 7) is 0. The van der Waals surface area contributed by atoms with E-state index in [9.17, 15) is 4.79 Å². The van der Waals surface area contributed by atoms with E-state index in [1.54, 1.807) is 7.11 Å². The lowest BCUT2D eigenvalue weighted by molar-refractivity contribution is 0.0994. The fourth-order valence-electron chi connectivity index (χ4n) is 3.22. The van der Waals surface area contributed by atoms with Crippen LogP contribution in [0.15, 0.2) is 42.5 Å². The molecule has 0 amide bonds. The molecule has 3 aromatic rings. The number of hydrogen-bond acceptors (Lipinski definition) is 2. The van der Waals surface area contributed by atoms with Crippen molar-refractivity contribution in [3.05, 3.63) is 53.6 Å². The van der Waals surface area contributed by atoms with Gasteiger partial charge in [0.2, 0.25) is 0 Å². The average molecular weight is 262 g/mol. The lowest BCUT2D eigenvalue weighted by atomic mass is 9.96. The van der Waals surface area contributed by atoms with Crippen molar-refractivity contribution in [1.82, 2.24) is 0 Å². The molecule has 98 valence electrons. The first kappa shape index (κ1) is 11.5. The van der Waals surface area contributed by atoms with Crippen molar-refractivity contribution in [1.29, 1.82) is 0 Å². The summed E-state index contributed by atoms with van der Waals surface area (Å²) in [6.07, 6.45) is 1.52. The number of rotatable bonds is 1. The zero-order valence-corrected chi connectivity index (χ0v) is 11.3. The predicted molar refractivity (Wildman–Crippen MR) is 80.7 cm³/mol. The first-order valence-electron chi connectivity index (χ1n) is 6.83. The number of carbonyl (C=O) groups is 1. The summed E-state index contributed by atoms with van der Waals surface area (Å²) in [4.78, 5) is 11.8. The molecule has 1 aliphatic rings. The van der Waals surface area contributed by atoms with Gasteiger partial charge in [0, 0.05) is 12.0 Å². The summed E-state index contributed by atoms with van der Waals surface area (Å²) in [5.74, 6) is 1.14. The van der Waals surface area contributed by atoms with Gasteiger partial charge in [0.15, 0.2) is 5.78 Å². The highest BCUT2D eigenvalue weighted by atomic mass is 16.5. The fraction of sp³-hybridized carbons (Fsp3) is 0.167. The van der Waals surface area contributed by atoms with E-state index in [1.165, 1.54) is 27.1 Å². The number of carbonyl (C=O) groups excluding carboxylic acids is 1. The maximum atomic E-state index is 11.8. The van der Waals surface area contributed by atoms with Crippen molar-refractivity contribution in [2.75, 3.05) is 7.11 Å². The number of ether oxygens (including phenoxy) is 1. The summed E-state index contributed by atoms with van der Waals surface area (Å²) >= 11 is 0. The van der Waals surface area contributed by atoms with Crippen LogP contribution in [0.25, 0.3) is 21.5 Å². The zero-order chi connectivity index (χ0) is 13.7. The highest BCUT2D eigenvalue weighted by Gasteiger charge is 2.21. The fourth-order valence-corrected chi connectivity index (χ4v) is 3.22. The van der Waals surface area contributed by atoms with Gasteiger partial charge in [-0.2, -0.15) is 0 Å². The molecule has 3 aromatic carbocycles. The number of Topliss-reactive ketones (excluding diaryl/α,β-unsaturated/α-hetero) is 1. The Balaban J connectivity index is 2.09. The molecule has 20 heavy (non-hydrogen) atoms. The molecule has 0 spiro atoms. The van der Waals surface area contributed by atoms with Gasteiger partial charge in [0.25, 0.3) is 0 Å². The van der Waals surface area contributed by atoms with E-state index in [4.69, 9.17) is 4.74 Å². The van der Waals surface area contributed by atoms with Crippen LogP contribution in [-0.2, 0) is 6.42 Å². The monoisotopic (exact) mass is 262 g/mol. The van der Waals surface area contributed by atoms with E-state index in [1.807, 2.05) is 18.2 Å². The van der Waals surface area contributed by atoms with Crippen LogP contribution in [0.1, 0.15) is 22.3 Å². The minimum absolute atomic E-state index is 0.275. The third kappa shape index (κ3) is 1.48. The van der Waals surface area contributed by atoms with Crippen molar-refractivity contribution in [3.8, 4) is 5.75 Å². The van der Waals surface area contributed by atoms with Gasteiger partial charge >= 0.3 is 0 Å². The van der Waals surface area contributed by atoms with Crippen LogP contribution < -0.4 is 4.74 Å². The van der Waals surface area contributed by atoms with Gasteiger partial charge in [-0.25, -0.2) is 0 Å². The van der Waals surface area contributed by atoms with Gasteiger partial charge in [0.1, 0.15) is 5.75 Å². The lowest BCUT2D eigenvalue weighted by Crippen LogP contribution is -1.91. The van der Waals surface area contributed by atoms with E-state index in [-0.39, 0.29) is 5.78 Å². The number of hydrogen-bond donors (Lipinski definition) is 0. The summed E-state index contributed by atoms with van der Waals surface area (Å²) in [7, 11) is 1.68. The third-order valence-corrected chi connectivity index (χ3v) is 4.24. The minimum Gasteiger partial charge on any atom is -0.497 e. The highest BCUT2D eigenvalue weighted by Crippen LogP contribution is 2.34. The van der Waals surface area contributed by atoms with Gasteiger partial charge in [-0.15, -0.1) is 0 Å². The molecule has 1 aliphatic carbocycles. The molecule has 0 aromatic heterocycles. The van der Waals surface area contributed by atoms with Crippen LogP contribution in [0.4, 0.5) is 0 Å². The van der Waals surface area contributed by atoms with Gasteiger partial charge < -0.3 is 4.74 Å². The minimum atomic E-state index is 0.275. The molecule has 0 fully saturated rings. The number of benzene rings is 3. The molecule has 0 atom stereocenters. The molecule has 0 aliphatic heterocycles. The second-order valence-electron chi connectivity index (χ2n) is 5.26. The molecular weight excluding hydrogens is 248 g/mol. The van der Waals surface area contributed by atoms with Crippen molar-refractivity contribution >= 4 is 27.3 Å². The molecule has 0 heterocycles. The lowest BCUT2D eigenvalue weighted by Gasteiger charge is -2.09. The maximum Gasteiger partial charge on any atom is 0.163 e. The summed E-state index contributed by atoms with van der Waals surface area (Å²) < 4.78 is 5.28. The Morgan fingerprint density at radius 3 is 2.55 bits per heavy atom. The third-order valence-electron chi connectivity index (χ3n) is 4.24. The van der Waals surface area contributed by atoms with Crippen LogP contribution in [0.2, 0.25) is 0 Å². The quantitative estimate of drug-likeness (QED) is 0.616. The molecule has 0 radical (unpaired) electrons. The molecule has 0 bridgehead atoms. The van der Waals surface area contributed by atoms with Gasteiger partial charge in [0.05, 0.1) is 7.11 Å². The zero-order valence-electron chi connectivity index (χ0n) is 11.3. The average Bonchev–Trinajstić information content (AvgIpc) is 2.88. The predicted octanol–water partition coefficient (Wildman–Crippen LogP) is 4.13. The summed E-state index contributed by atoms with van der Waals surface area (Å²) in [5, 5.41) is 4.82. The Morgan fingerprint density at radius 2 is 1.70 bits per heavy atom. The van der Waals surface area contributed by atoms with E-state index >= 15 is 0 Å². The Kier molecular flexibility index (Phi) is 2.34. The largest absolute Gasteiger partial charge is 0.497 e. The van der Waals surface area contributed by atoms with Crippen LogP contribution in [0.5, 0.6) is 5.75 Å². The van der Waals surface area contributed by atoms with Crippen LogP contribution in [0, 0.1) is 0 Å². The smallest absolute Gasteiger partial charge is 0.163 e. The maximum absolute atomic E-state index is 11.8. The number of aryl methyl sites for hydroxylation is 1.